The zero-order valence-corrected chi connectivity index (χ0v) is 11.1. The van der Waals surface area contributed by atoms with Gasteiger partial charge in [-0.05, 0) is 37.4 Å². The van der Waals surface area contributed by atoms with E-state index in [0.717, 1.165) is 17.0 Å². The third-order valence-corrected chi connectivity index (χ3v) is 3.32. The topological polar surface area (TPSA) is 66.2 Å². The quantitative estimate of drug-likeness (QED) is 0.826. The number of aromatic amines is 1. The van der Waals surface area contributed by atoms with Crippen LogP contribution in [0.1, 0.15) is 18.3 Å². The summed E-state index contributed by atoms with van der Waals surface area (Å²) < 4.78 is 2.13. The first-order chi connectivity index (χ1) is 9.20. The number of H-pyrrole nitrogens is 1. The van der Waals surface area contributed by atoms with Gasteiger partial charge in [-0.3, -0.25) is 14.5 Å². The van der Waals surface area contributed by atoms with Crippen molar-refractivity contribution < 1.29 is 5.11 Å². The average Bonchev–Trinajstić information content (AvgIpc) is 2.93. The maximum atomic E-state index is 10.1. The Morgan fingerprint density at radius 3 is 3.11 bits per heavy atom. The van der Waals surface area contributed by atoms with Gasteiger partial charge in [0.25, 0.3) is 0 Å². The van der Waals surface area contributed by atoms with Gasteiger partial charge in [0.2, 0.25) is 5.88 Å². The van der Waals surface area contributed by atoms with Gasteiger partial charge in [-0.2, -0.15) is 0 Å². The minimum Gasteiger partial charge on any atom is -0.493 e. The van der Waals surface area contributed by atoms with Crippen molar-refractivity contribution in [1.29, 1.82) is 0 Å². The molecule has 0 fully saturated rings. The van der Waals surface area contributed by atoms with Crippen LogP contribution < -0.4 is 0 Å². The number of hydrogen-bond donors (Lipinski definition) is 2. The van der Waals surface area contributed by atoms with Crippen molar-refractivity contribution in [3.63, 3.8) is 0 Å². The SMILES string of the molecule is CCn1c(O)c(/C=C2\C=Nc3cccnc32)[nH]c1=S. The molecule has 0 bridgehead atoms. The van der Waals surface area contributed by atoms with Crippen LogP contribution in [0.2, 0.25) is 0 Å². The van der Waals surface area contributed by atoms with Gasteiger partial charge in [0.05, 0.1) is 11.4 Å². The zero-order valence-electron chi connectivity index (χ0n) is 10.3. The Morgan fingerprint density at radius 1 is 1.53 bits per heavy atom. The summed E-state index contributed by atoms with van der Waals surface area (Å²) in [7, 11) is 0. The van der Waals surface area contributed by atoms with Crippen LogP contribution in [0.15, 0.2) is 23.3 Å². The van der Waals surface area contributed by atoms with E-state index in [1.807, 2.05) is 19.1 Å². The Kier molecular flexibility index (Phi) is 2.79. The number of hydrogen-bond acceptors (Lipinski definition) is 4. The molecule has 0 aromatic carbocycles. The van der Waals surface area contributed by atoms with Gasteiger partial charge in [0.15, 0.2) is 4.77 Å². The van der Waals surface area contributed by atoms with Gasteiger partial charge >= 0.3 is 0 Å². The molecule has 1 aliphatic heterocycles. The molecule has 0 aliphatic carbocycles. The van der Waals surface area contributed by atoms with E-state index in [9.17, 15) is 5.11 Å². The molecule has 0 amide bonds. The predicted octanol–water partition coefficient (Wildman–Crippen LogP) is 2.92. The standard InChI is InChI=1S/C13H12N4OS/c1-2-17-12(18)10(16-13(17)19)6-8-7-15-9-4-3-5-14-11(8)9/h3-7,18H,2H2,1H3,(H,16,19)/b8-6+. The molecular weight excluding hydrogens is 260 g/mol. The number of aliphatic imine (C=N–C) groups is 1. The molecular formula is C13H12N4OS. The molecule has 0 spiro atoms. The fourth-order valence-corrected chi connectivity index (χ4v) is 2.38. The first-order valence-electron chi connectivity index (χ1n) is 5.93. The molecule has 0 saturated heterocycles. The second-order valence-electron chi connectivity index (χ2n) is 4.14. The van der Waals surface area contributed by atoms with Gasteiger partial charge in [-0.25, -0.2) is 0 Å². The Bertz CT molecular complexity index is 754. The largest absolute Gasteiger partial charge is 0.493 e. The van der Waals surface area contributed by atoms with Crippen LogP contribution in [-0.4, -0.2) is 25.9 Å². The van der Waals surface area contributed by atoms with Crippen LogP contribution in [0.4, 0.5) is 5.69 Å². The fourth-order valence-electron chi connectivity index (χ4n) is 2.06. The fraction of sp³-hybridized carbons (Fsp3) is 0.154. The summed E-state index contributed by atoms with van der Waals surface area (Å²) in [5.41, 5.74) is 3.07. The molecule has 0 saturated carbocycles. The van der Waals surface area contributed by atoms with E-state index in [0.29, 0.717) is 17.0 Å². The molecule has 2 aromatic rings. The summed E-state index contributed by atoms with van der Waals surface area (Å²) in [5, 5.41) is 10.1. The highest BCUT2D eigenvalue weighted by Crippen LogP contribution is 2.31. The molecule has 19 heavy (non-hydrogen) atoms. The Balaban J connectivity index is 2.10. The molecule has 3 rings (SSSR count). The van der Waals surface area contributed by atoms with Crippen LogP contribution in [-0.2, 0) is 6.54 Å². The van der Waals surface area contributed by atoms with Crippen molar-refractivity contribution in [2.75, 3.05) is 0 Å². The lowest BCUT2D eigenvalue weighted by atomic mass is 10.1. The second kappa shape index (κ2) is 4.47. The van der Waals surface area contributed by atoms with E-state index in [1.54, 1.807) is 23.1 Å². The monoisotopic (exact) mass is 272 g/mol. The van der Waals surface area contributed by atoms with Crippen molar-refractivity contribution in [3.05, 3.63) is 34.5 Å². The highest BCUT2D eigenvalue weighted by atomic mass is 32.1. The summed E-state index contributed by atoms with van der Waals surface area (Å²) in [6.45, 7) is 2.54. The maximum Gasteiger partial charge on any atom is 0.217 e. The summed E-state index contributed by atoms with van der Waals surface area (Å²) in [4.78, 5) is 11.5. The lowest BCUT2D eigenvalue weighted by molar-refractivity contribution is 0.419. The highest BCUT2D eigenvalue weighted by molar-refractivity contribution is 7.71. The van der Waals surface area contributed by atoms with Crippen LogP contribution in [0, 0.1) is 4.77 Å². The maximum absolute atomic E-state index is 10.1. The summed E-state index contributed by atoms with van der Waals surface area (Å²) >= 11 is 5.15. The van der Waals surface area contributed by atoms with Gasteiger partial charge in [-0.1, -0.05) is 0 Å². The van der Waals surface area contributed by atoms with Crippen molar-refractivity contribution in [2.45, 2.75) is 13.5 Å². The number of fused-ring (bicyclic) bond motifs is 1. The first-order valence-corrected chi connectivity index (χ1v) is 6.34. The van der Waals surface area contributed by atoms with Crippen molar-refractivity contribution in [2.24, 2.45) is 4.99 Å². The number of nitrogens with zero attached hydrogens (tertiary/aromatic N) is 3. The van der Waals surface area contributed by atoms with Crippen molar-refractivity contribution in [1.82, 2.24) is 14.5 Å². The minimum atomic E-state index is 0.137. The molecule has 0 atom stereocenters. The van der Waals surface area contributed by atoms with Crippen LogP contribution in [0.25, 0.3) is 11.6 Å². The van der Waals surface area contributed by atoms with Crippen molar-refractivity contribution in [3.8, 4) is 5.88 Å². The van der Waals surface area contributed by atoms with Crippen LogP contribution in [0.3, 0.4) is 0 Å². The van der Waals surface area contributed by atoms with Gasteiger partial charge in [-0.15, -0.1) is 0 Å². The number of rotatable bonds is 2. The van der Waals surface area contributed by atoms with E-state index >= 15 is 0 Å². The van der Waals surface area contributed by atoms with Gasteiger partial charge in [0, 0.05) is 24.5 Å². The smallest absolute Gasteiger partial charge is 0.217 e. The van der Waals surface area contributed by atoms with Crippen molar-refractivity contribution >= 4 is 35.8 Å². The van der Waals surface area contributed by atoms with E-state index in [2.05, 4.69) is 15.0 Å². The second-order valence-corrected chi connectivity index (χ2v) is 4.53. The van der Waals surface area contributed by atoms with Gasteiger partial charge < -0.3 is 10.1 Å². The lowest BCUT2D eigenvalue weighted by Gasteiger charge is -1.99. The number of aromatic nitrogens is 3. The van der Waals surface area contributed by atoms with E-state index in [-0.39, 0.29) is 5.88 Å². The van der Waals surface area contributed by atoms with Crippen LogP contribution >= 0.6 is 12.2 Å². The molecule has 2 aromatic heterocycles. The first kappa shape index (κ1) is 11.9. The average molecular weight is 272 g/mol. The zero-order chi connectivity index (χ0) is 13.4. The normalized spacial score (nSPS) is 15.1. The molecule has 96 valence electrons. The number of pyridine rings is 1. The van der Waals surface area contributed by atoms with E-state index in [4.69, 9.17) is 12.2 Å². The predicted molar refractivity (Wildman–Crippen MR) is 77.2 cm³/mol. The van der Waals surface area contributed by atoms with E-state index < -0.39 is 0 Å². The third-order valence-electron chi connectivity index (χ3n) is 3.00. The Morgan fingerprint density at radius 2 is 2.37 bits per heavy atom. The summed E-state index contributed by atoms with van der Waals surface area (Å²) in [6.07, 6.45) is 5.26. The molecule has 0 unspecified atom stereocenters. The molecule has 0 radical (unpaired) electrons. The summed E-state index contributed by atoms with van der Waals surface area (Å²) in [5.74, 6) is 0.137. The van der Waals surface area contributed by atoms with Gasteiger partial charge in [0.1, 0.15) is 5.69 Å². The highest BCUT2D eigenvalue weighted by Gasteiger charge is 2.15. The molecule has 6 heteroatoms. The minimum absolute atomic E-state index is 0.137. The molecule has 1 aliphatic rings. The Hall–Kier alpha value is -2.21. The number of aromatic hydroxyl groups is 1. The number of allylic oxidation sites excluding steroid dienone is 1. The number of nitrogens with one attached hydrogen (secondary N) is 1. The molecule has 3 heterocycles. The van der Waals surface area contributed by atoms with E-state index in [1.165, 1.54) is 0 Å². The number of imidazole rings is 1. The van der Waals surface area contributed by atoms with Crippen LogP contribution in [0.5, 0.6) is 5.88 Å². The molecule has 2 N–H and O–H groups in total. The molecule has 5 nitrogen and oxygen atoms in total. The summed E-state index contributed by atoms with van der Waals surface area (Å²) in [6, 6.07) is 3.75. The third kappa shape index (κ3) is 1.90. The Labute approximate surface area is 115 Å². The lowest BCUT2D eigenvalue weighted by Crippen LogP contribution is -1.92.